The summed E-state index contributed by atoms with van der Waals surface area (Å²) < 4.78 is 0. The third-order valence-electron chi connectivity index (χ3n) is 2.47. The van der Waals surface area contributed by atoms with Crippen LogP contribution in [0.25, 0.3) is 0 Å². The van der Waals surface area contributed by atoms with E-state index in [0.29, 0.717) is 0 Å². The standard InChI is InChI=1S/2C7H7NO3.2Na/c2*8-4-1-2-5(7(10)11)6(9)3-4;;/h2*1-3,9H,8H2,(H,10,11);;/q;;2*+1/p-2. The number of carboxylic acid groups (broad SMARTS) is 2. The van der Waals surface area contributed by atoms with Gasteiger partial charge in [0.2, 0.25) is 0 Å². The number of nitrogen functional groups attached to an aromatic ring is 2. The molecule has 116 valence electrons. The molecule has 0 aliphatic rings. The van der Waals surface area contributed by atoms with E-state index in [9.17, 15) is 19.8 Å². The van der Waals surface area contributed by atoms with Crippen LogP contribution in [0.15, 0.2) is 36.4 Å². The van der Waals surface area contributed by atoms with Gasteiger partial charge in [-0.25, -0.2) is 9.59 Å². The van der Waals surface area contributed by atoms with E-state index in [4.69, 9.17) is 21.7 Å². The van der Waals surface area contributed by atoms with Crippen molar-refractivity contribution in [1.29, 1.82) is 0 Å². The molecule has 0 unspecified atom stereocenters. The predicted octanol–water partition coefficient (Wildman–Crippen LogP) is -5.91. The molecule has 0 amide bonds. The topological polar surface area (TPSA) is 173 Å². The maximum absolute atomic E-state index is 10.8. The number of hydrogen-bond acceptors (Lipinski definition) is 6. The summed E-state index contributed by atoms with van der Waals surface area (Å²) in [6, 6.07) is 7.32. The number of benzene rings is 2. The number of aromatic carboxylic acids is 2. The zero-order valence-corrected chi connectivity index (χ0v) is 17.1. The Hall–Kier alpha value is -1.42. The van der Waals surface area contributed by atoms with Crippen LogP contribution in [0.4, 0.5) is 11.4 Å². The predicted molar refractivity (Wildman–Crippen MR) is 74.5 cm³/mol. The Bertz CT molecular complexity index is 663. The number of anilines is 2. The van der Waals surface area contributed by atoms with Crippen molar-refractivity contribution in [1.82, 2.24) is 0 Å². The molecule has 0 heterocycles. The molecule has 0 spiro atoms. The molecule has 0 aromatic heterocycles. The van der Waals surface area contributed by atoms with E-state index in [2.05, 4.69) is 0 Å². The second-order valence-electron chi connectivity index (χ2n) is 4.12. The van der Waals surface area contributed by atoms with Crippen LogP contribution in [0.3, 0.4) is 0 Å². The molecule has 6 N–H and O–H groups in total. The third kappa shape index (κ3) is 7.43. The van der Waals surface area contributed by atoms with E-state index in [1.807, 2.05) is 0 Å². The molecule has 10 heteroatoms. The average molecular weight is 350 g/mol. The Morgan fingerprint density at radius 1 is 0.750 bits per heavy atom. The maximum atomic E-state index is 10.8. The number of carbonyl (C=O) groups is 2. The van der Waals surface area contributed by atoms with Crippen LogP contribution >= 0.6 is 0 Å². The fourth-order valence-electron chi connectivity index (χ4n) is 1.43. The van der Waals surface area contributed by atoms with Gasteiger partial charge in [-0.05, 0) is 36.4 Å². The Morgan fingerprint density at radius 2 is 1.04 bits per heavy atom. The molecule has 8 nitrogen and oxygen atoms in total. The Balaban J connectivity index is 0. The van der Waals surface area contributed by atoms with E-state index < -0.39 is 23.4 Å². The monoisotopic (exact) mass is 350 g/mol. The van der Waals surface area contributed by atoms with Crippen molar-refractivity contribution in [3.05, 3.63) is 47.5 Å². The zero-order valence-electron chi connectivity index (χ0n) is 13.1. The van der Waals surface area contributed by atoms with Gasteiger partial charge >= 0.3 is 71.1 Å². The fraction of sp³-hybridized carbons (Fsp3) is 0. The Labute approximate surface area is 181 Å². The van der Waals surface area contributed by atoms with Gasteiger partial charge in [0, 0.05) is 11.4 Å². The minimum atomic E-state index is -1.23. The van der Waals surface area contributed by atoms with E-state index >= 15 is 0 Å². The zero-order chi connectivity index (χ0) is 16.9. The normalized spacial score (nSPS) is 8.67. The second-order valence-corrected chi connectivity index (χ2v) is 4.12. The summed E-state index contributed by atoms with van der Waals surface area (Å²) in [6.45, 7) is 0. The van der Waals surface area contributed by atoms with Crippen LogP contribution in [-0.2, 0) is 0 Å². The van der Waals surface area contributed by atoms with Crippen molar-refractivity contribution < 1.29 is 89.1 Å². The summed E-state index contributed by atoms with van der Waals surface area (Å²) in [5, 5.41) is 38.5. The van der Waals surface area contributed by atoms with Gasteiger partial charge in [0.1, 0.15) is 0 Å². The molecular formula is C14H12N2Na2O6. The Morgan fingerprint density at radius 3 is 1.25 bits per heavy atom. The molecule has 0 atom stereocenters. The molecule has 0 aliphatic heterocycles. The van der Waals surface area contributed by atoms with Crippen LogP contribution in [0, 0.1) is 0 Å². The first-order valence-electron chi connectivity index (χ1n) is 5.82. The largest absolute Gasteiger partial charge is 1.00 e. The molecule has 0 radical (unpaired) electrons. The van der Waals surface area contributed by atoms with Crippen molar-refractivity contribution in [3.8, 4) is 11.5 Å². The smallest absolute Gasteiger partial charge is 0.872 e. The first kappa shape index (κ1) is 24.8. The first-order chi connectivity index (χ1) is 10.2. The third-order valence-corrected chi connectivity index (χ3v) is 2.47. The summed E-state index contributed by atoms with van der Waals surface area (Å²) in [5.41, 5.74) is 10.5. The van der Waals surface area contributed by atoms with Crippen molar-refractivity contribution in [3.63, 3.8) is 0 Å². The summed E-state index contributed by atoms with van der Waals surface area (Å²) in [6.07, 6.45) is 0. The summed E-state index contributed by atoms with van der Waals surface area (Å²) in [5.74, 6) is -3.57. The molecule has 2 aromatic carbocycles. The van der Waals surface area contributed by atoms with Crippen LogP contribution in [0.5, 0.6) is 11.5 Å². The van der Waals surface area contributed by atoms with Gasteiger partial charge in [0.15, 0.2) is 0 Å². The van der Waals surface area contributed by atoms with Crippen molar-refractivity contribution >= 4 is 23.3 Å². The molecular weight excluding hydrogens is 338 g/mol. The van der Waals surface area contributed by atoms with Gasteiger partial charge in [-0.2, -0.15) is 0 Å². The minimum absolute atomic E-state index is 0. The quantitative estimate of drug-likeness (QED) is 0.306. The van der Waals surface area contributed by atoms with Gasteiger partial charge in [-0.3, -0.25) is 0 Å². The van der Waals surface area contributed by atoms with Crippen LogP contribution in [0.1, 0.15) is 20.7 Å². The SMILES string of the molecule is Nc1ccc(C(=O)O)c([O-])c1.Nc1ccc(C(=O)O)c([O-])c1.[Na+].[Na+]. The number of rotatable bonds is 2. The van der Waals surface area contributed by atoms with Gasteiger partial charge in [-0.1, -0.05) is 11.5 Å². The van der Waals surface area contributed by atoms with Crippen molar-refractivity contribution in [2.24, 2.45) is 0 Å². The molecule has 0 fully saturated rings. The molecule has 0 saturated carbocycles. The van der Waals surface area contributed by atoms with E-state index in [1.54, 1.807) is 0 Å². The maximum Gasteiger partial charge on any atom is 1.00 e. The first-order valence-corrected chi connectivity index (χ1v) is 5.82. The van der Waals surface area contributed by atoms with Gasteiger partial charge in [-0.15, -0.1) is 0 Å². The number of carboxylic acids is 2. The second kappa shape index (κ2) is 11.2. The molecule has 0 bridgehead atoms. The van der Waals surface area contributed by atoms with Crippen molar-refractivity contribution in [2.75, 3.05) is 11.5 Å². The molecule has 2 aromatic rings. The summed E-state index contributed by atoms with van der Waals surface area (Å²) in [4.78, 5) is 20.6. The van der Waals surface area contributed by atoms with Crippen LogP contribution in [-0.4, -0.2) is 22.2 Å². The van der Waals surface area contributed by atoms with E-state index in [1.165, 1.54) is 24.3 Å². The molecule has 0 saturated heterocycles. The average Bonchev–Trinajstić information content (AvgIpc) is 2.38. The number of nitrogens with two attached hydrogens (primary N) is 2. The number of hydrogen-bond donors (Lipinski definition) is 4. The van der Waals surface area contributed by atoms with Crippen molar-refractivity contribution in [2.45, 2.75) is 0 Å². The van der Waals surface area contributed by atoms with E-state index in [-0.39, 0.29) is 81.6 Å². The van der Waals surface area contributed by atoms with Crippen LogP contribution < -0.4 is 80.8 Å². The van der Waals surface area contributed by atoms with Gasteiger partial charge < -0.3 is 31.9 Å². The molecule has 0 aliphatic carbocycles. The fourth-order valence-corrected chi connectivity index (χ4v) is 1.43. The van der Waals surface area contributed by atoms with Gasteiger partial charge in [0.05, 0.1) is 11.1 Å². The van der Waals surface area contributed by atoms with E-state index in [0.717, 1.165) is 12.1 Å². The summed E-state index contributed by atoms with van der Waals surface area (Å²) in [7, 11) is 0. The Kier molecular flexibility index (Phi) is 11.6. The molecule has 24 heavy (non-hydrogen) atoms. The molecule has 2 rings (SSSR count). The minimum Gasteiger partial charge on any atom is -0.872 e. The summed E-state index contributed by atoms with van der Waals surface area (Å²) >= 11 is 0. The van der Waals surface area contributed by atoms with Crippen LogP contribution in [0.2, 0.25) is 0 Å². The van der Waals surface area contributed by atoms with Gasteiger partial charge in [0.25, 0.3) is 0 Å².